The van der Waals surface area contributed by atoms with Gasteiger partial charge in [0.1, 0.15) is 22.6 Å². The summed E-state index contributed by atoms with van der Waals surface area (Å²) in [6, 6.07) is 13.4. The normalized spacial score (nSPS) is 13.7. The molecule has 0 radical (unpaired) electrons. The number of carbonyl (C=O) groups excluding carboxylic acids is 2. The number of hydrogen-bond donors (Lipinski definition) is 1. The standard InChI is InChI=1S/C23H23N3O6/c1-30-17-7-4-16(5-8-17)24-23(29)26-11-9-25(10-12-26)21(27)19-13-15-3-6-18(31-2)14-20(15)32-22(19)28/h3-8,13-14H,9-12H2,1-2H3,(H,24,29). The van der Waals surface area contributed by atoms with Crippen LogP contribution in [0, 0.1) is 0 Å². The number of fused-ring (bicyclic) bond motifs is 1. The molecule has 1 aromatic heterocycles. The van der Waals surface area contributed by atoms with Crippen molar-refractivity contribution in [2.45, 2.75) is 0 Å². The van der Waals surface area contributed by atoms with Crippen LogP contribution >= 0.6 is 0 Å². The van der Waals surface area contributed by atoms with Crippen LogP contribution in [0.3, 0.4) is 0 Å². The van der Waals surface area contributed by atoms with Crippen molar-refractivity contribution in [1.82, 2.24) is 9.80 Å². The molecule has 2 aromatic carbocycles. The monoisotopic (exact) mass is 437 g/mol. The minimum absolute atomic E-state index is 0.0289. The molecule has 166 valence electrons. The Labute approximate surface area is 184 Å². The van der Waals surface area contributed by atoms with Gasteiger partial charge in [-0.1, -0.05) is 0 Å². The molecule has 0 unspecified atom stereocenters. The topological polar surface area (TPSA) is 101 Å². The molecule has 0 spiro atoms. The molecule has 1 saturated heterocycles. The van der Waals surface area contributed by atoms with Crippen LogP contribution in [0.25, 0.3) is 11.0 Å². The molecule has 0 aliphatic carbocycles. The second-order valence-corrected chi connectivity index (χ2v) is 7.29. The number of ether oxygens (including phenoxy) is 2. The van der Waals surface area contributed by atoms with Gasteiger partial charge in [0, 0.05) is 43.3 Å². The number of nitrogens with zero attached hydrogens (tertiary/aromatic N) is 2. The van der Waals surface area contributed by atoms with E-state index in [4.69, 9.17) is 13.9 Å². The van der Waals surface area contributed by atoms with E-state index in [0.717, 1.165) is 0 Å². The Bertz CT molecular complexity index is 1200. The van der Waals surface area contributed by atoms with Gasteiger partial charge in [-0.2, -0.15) is 0 Å². The van der Waals surface area contributed by atoms with E-state index in [1.54, 1.807) is 59.4 Å². The Morgan fingerprint density at radius 2 is 1.50 bits per heavy atom. The van der Waals surface area contributed by atoms with Gasteiger partial charge in [-0.25, -0.2) is 9.59 Å². The lowest BCUT2D eigenvalue weighted by Gasteiger charge is -2.34. The average Bonchev–Trinajstić information content (AvgIpc) is 2.83. The van der Waals surface area contributed by atoms with E-state index in [9.17, 15) is 14.4 Å². The predicted octanol–water partition coefficient (Wildman–Crippen LogP) is 2.80. The predicted molar refractivity (Wildman–Crippen MR) is 119 cm³/mol. The van der Waals surface area contributed by atoms with E-state index in [2.05, 4.69) is 5.32 Å². The van der Waals surface area contributed by atoms with Crippen molar-refractivity contribution in [2.24, 2.45) is 0 Å². The summed E-state index contributed by atoms with van der Waals surface area (Å²) in [7, 11) is 3.10. The van der Waals surface area contributed by atoms with E-state index >= 15 is 0 Å². The van der Waals surface area contributed by atoms with Crippen molar-refractivity contribution in [1.29, 1.82) is 0 Å². The van der Waals surface area contributed by atoms with Crippen molar-refractivity contribution in [3.63, 3.8) is 0 Å². The number of methoxy groups -OCH3 is 2. The fourth-order valence-electron chi connectivity index (χ4n) is 3.53. The summed E-state index contributed by atoms with van der Waals surface area (Å²) >= 11 is 0. The Morgan fingerprint density at radius 3 is 2.16 bits per heavy atom. The highest BCUT2D eigenvalue weighted by molar-refractivity contribution is 5.97. The molecule has 2 heterocycles. The first-order valence-corrected chi connectivity index (χ1v) is 10.1. The Balaban J connectivity index is 1.40. The quantitative estimate of drug-likeness (QED) is 0.630. The highest BCUT2D eigenvalue weighted by Gasteiger charge is 2.27. The van der Waals surface area contributed by atoms with Gasteiger partial charge < -0.3 is 29.0 Å². The number of nitrogens with one attached hydrogen (secondary N) is 1. The zero-order valence-corrected chi connectivity index (χ0v) is 17.8. The molecule has 3 aromatic rings. The minimum atomic E-state index is -0.699. The Kier molecular flexibility index (Phi) is 5.98. The third-order valence-electron chi connectivity index (χ3n) is 5.37. The van der Waals surface area contributed by atoms with Gasteiger partial charge in [-0.3, -0.25) is 4.79 Å². The summed E-state index contributed by atoms with van der Waals surface area (Å²) in [4.78, 5) is 41.0. The second kappa shape index (κ2) is 9.01. The van der Waals surface area contributed by atoms with Gasteiger partial charge in [0.2, 0.25) is 0 Å². The van der Waals surface area contributed by atoms with E-state index in [-0.39, 0.29) is 11.6 Å². The Hall–Kier alpha value is -4.01. The average molecular weight is 437 g/mol. The van der Waals surface area contributed by atoms with E-state index in [0.29, 0.717) is 54.3 Å². The highest BCUT2D eigenvalue weighted by Crippen LogP contribution is 2.21. The molecule has 32 heavy (non-hydrogen) atoms. The number of urea groups is 1. The first-order chi connectivity index (χ1) is 15.5. The molecule has 4 rings (SSSR count). The number of anilines is 1. The molecule has 9 heteroatoms. The third-order valence-corrected chi connectivity index (χ3v) is 5.37. The zero-order chi connectivity index (χ0) is 22.7. The van der Waals surface area contributed by atoms with Crippen molar-refractivity contribution in [2.75, 3.05) is 45.7 Å². The molecule has 9 nitrogen and oxygen atoms in total. The van der Waals surface area contributed by atoms with Gasteiger partial charge in [-0.05, 0) is 42.5 Å². The van der Waals surface area contributed by atoms with Crippen LogP contribution in [0.4, 0.5) is 10.5 Å². The van der Waals surface area contributed by atoms with Crippen molar-refractivity contribution >= 4 is 28.6 Å². The molecule has 1 aliphatic heterocycles. The summed E-state index contributed by atoms with van der Waals surface area (Å²) in [5.41, 5.74) is 0.278. The molecule has 1 fully saturated rings. The van der Waals surface area contributed by atoms with E-state index in [1.807, 2.05) is 0 Å². The molecule has 0 atom stereocenters. The van der Waals surface area contributed by atoms with Crippen LogP contribution in [-0.2, 0) is 0 Å². The summed E-state index contributed by atoms with van der Waals surface area (Å²) in [5, 5.41) is 3.46. The van der Waals surface area contributed by atoms with Crippen LogP contribution < -0.4 is 20.4 Å². The number of hydrogen-bond acceptors (Lipinski definition) is 6. The van der Waals surface area contributed by atoms with Crippen LogP contribution in [0.2, 0.25) is 0 Å². The Morgan fingerprint density at radius 1 is 0.875 bits per heavy atom. The number of rotatable bonds is 4. The second-order valence-electron chi connectivity index (χ2n) is 7.29. The summed E-state index contributed by atoms with van der Waals surface area (Å²) in [6.45, 7) is 1.33. The lowest BCUT2D eigenvalue weighted by atomic mass is 10.1. The lowest BCUT2D eigenvalue weighted by molar-refractivity contribution is 0.0667. The first kappa shape index (κ1) is 21.2. The number of piperazine rings is 1. The molecular weight excluding hydrogens is 414 g/mol. The van der Waals surface area contributed by atoms with Gasteiger partial charge >= 0.3 is 11.7 Å². The molecule has 0 saturated carbocycles. The maximum Gasteiger partial charge on any atom is 0.349 e. The number of amides is 3. The maximum absolute atomic E-state index is 12.9. The highest BCUT2D eigenvalue weighted by atomic mass is 16.5. The van der Waals surface area contributed by atoms with Gasteiger partial charge in [0.25, 0.3) is 5.91 Å². The molecular formula is C23H23N3O6. The zero-order valence-electron chi connectivity index (χ0n) is 17.8. The summed E-state index contributed by atoms with van der Waals surface area (Å²) < 4.78 is 15.6. The molecule has 0 bridgehead atoms. The van der Waals surface area contributed by atoms with Gasteiger partial charge in [0.05, 0.1) is 14.2 Å². The molecule has 3 amide bonds. The fourth-order valence-corrected chi connectivity index (χ4v) is 3.53. The minimum Gasteiger partial charge on any atom is -0.497 e. The summed E-state index contributed by atoms with van der Waals surface area (Å²) in [5.74, 6) is 0.850. The third kappa shape index (κ3) is 4.36. The van der Waals surface area contributed by atoms with E-state index < -0.39 is 11.5 Å². The lowest BCUT2D eigenvalue weighted by Crippen LogP contribution is -2.52. The molecule has 1 aliphatic rings. The van der Waals surface area contributed by atoms with Crippen LogP contribution in [0.1, 0.15) is 10.4 Å². The maximum atomic E-state index is 12.9. The SMILES string of the molecule is COc1ccc(NC(=O)N2CCN(C(=O)c3cc4ccc(OC)cc4oc3=O)CC2)cc1. The van der Waals surface area contributed by atoms with Crippen molar-refractivity contribution in [3.05, 3.63) is 64.5 Å². The summed E-state index contributed by atoms with van der Waals surface area (Å²) in [6.07, 6.45) is 0. The van der Waals surface area contributed by atoms with Crippen molar-refractivity contribution < 1.29 is 23.5 Å². The number of carbonyl (C=O) groups is 2. The largest absolute Gasteiger partial charge is 0.497 e. The van der Waals surface area contributed by atoms with E-state index in [1.165, 1.54) is 13.2 Å². The first-order valence-electron chi connectivity index (χ1n) is 10.1. The van der Waals surface area contributed by atoms with Crippen LogP contribution in [0.5, 0.6) is 11.5 Å². The van der Waals surface area contributed by atoms with Gasteiger partial charge in [0.15, 0.2) is 0 Å². The van der Waals surface area contributed by atoms with Crippen molar-refractivity contribution in [3.8, 4) is 11.5 Å². The van der Waals surface area contributed by atoms with Crippen LogP contribution in [-0.4, -0.2) is 62.1 Å². The number of benzene rings is 2. The van der Waals surface area contributed by atoms with Gasteiger partial charge in [-0.15, -0.1) is 0 Å². The molecule has 1 N–H and O–H groups in total. The smallest absolute Gasteiger partial charge is 0.349 e. The fraction of sp³-hybridized carbons (Fsp3) is 0.261. The van der Waals surface area contributed by atoms with Crippen LogP contribution in [0.15, 0.2) is 57.7 Å².